The topological polar surface area (TPSA) is 49.4 Å². The maximum Gasteiger partial charge on any atom is 0.254 e. The molecule has 1 aliphatic heterocycles. The van der Waals surface area contributed by atoms with Gasteiger partial charge in [-0.2, -0.15) is 0 Å². The average Bonchev–Trinajstić information content (AvgIpc) is 2.99. The lowest BCUT2D eigenvalue weighted by molar-refractivity contribution is -0.117. The zero-order valence-electron chi connectivity index (χ0n) is 12.9. The first kappa shape index (κ1) is 16.1. The van der Waals surface area contributed by atoms with Crippen LogP contribution in [0.15, 0.2) is 42.5 Å². The summed E-state index contributed by atoms with van der Waals surface area (Å²) in [7, 11) is 0. The lowest BCUT2D eigenvalue weighted by Crippen LogP contribution is -2.25. The molecular weight excluding hydrogens is 314 g/mol. The molecule has 0 spiro atoms. The van der Waals surface area contributed by atoms with Crippen molar-refractivity contribution in [2.75, 3.05) is 11.4 Å². The molecule has 4 nitrogen and oxygen atoms in total. The first-order chi connectivity index (χ1) is 11.5. The standard InChI is InChI=1S/C18H16F2N2O2/c19-13-5-8-15(16(20)10-13)18(24)21-11-12-3-6-14(7-4-12)22-9-1-2-17(22)23/h3-8,10H,1-2,9,11H2,(H,21,24). The van der Waals surface area contributed by atoms with E-state index in [9.17, 15) is 18.4 Å². The largest absolute Gasteiger partial charge is 0.348 e. The van der Waals surface area contributed by atoms with Crippen molar-refractivity contribution in [1.82, 2.24) is 5.32 Å². The second kappa shape index (κ2) is 6.78. The van der Waals surface area contributed by atoms with E-state index in [4.69, 9.17) is 0 Å². The Morgan fingerprint density at radius 1 is 1.12 bits per heavy atom. The first-order valence-electron chi connectivity index (χ1n) is 7.67. The van der Waals surface area contributed by atoms with Crippen molar-refractivity contribution in [1.29, 1.82) is 0 Å². The number of hydrogen-bond acceptors (Lipinski definition) is 2. The molecule has 1 saturated heterocycles. The minimum atomic E-state index is -0.893. The Morgan fingerprint density at radius 2 is 1.88 bits per heavy atom. The zero-order chi connectivity index (χ0) is 17.1. The van der Waals surface area contributed by atoms with Crippen molar-refractivity contribution in [3.63, 3.8) is 0 Å². The summed E-state index contributed by atoms with van der Waals surface area (Å²) in [4.78, 5) is 25.4. The number of carbonyl (C=O) groups excluding carboxylic acids is 2. The number of hydrogen-bond donors (Lipinski definition) is 1. The molecule has 0 aromatic heterocycles. The third-order valence-corrected chi connectivity index (χ3v) is 3.95. The molecule has 2 aromatic rings. The molecule has 0 unspecified atom stereocenters. The lowest BCUT2D eigenvalue weighted by atomic mass is 10.1. The van der Waals surface area contributed by atoms with Gasteiger partial charge in [-0.05, 0) is 36.2 Å². The molecule has 2 amide bonds. The van der Waals surface area contributed by atoms with Crippen LogP contribution < -0.4 is 10.2 Å². The molecule has 0 atom stereocenters. The van der Waals surface area contributed by atoms with Crippen LogP contribution in [0, 0.1) is 11.6 Å². The minimum absolute atomic E-state index is 0.114. The van der Waals surface area contributed by atoms with Gasteiger partial charge in [0.1, 0.15) is 11.6 Å². The van der Waals surface area contributed by atoms with Crippen LogP contribution >= 0.6 is 0 Å². The van der Waals surface area contributed by atoms with E-state index in [0.717, 1.165) is 36.3 Å². The summed E-state index contributed by atoms with van der Waals surface area (Å²) in [6.07, 6.45) is 1.43. The molecule has 1 heterocycles. The van der Waals surface area contributed by atoms with Gasteiger partial charge in [0.25, 0.3) is 5.91 Å². The van der Waals surface area contributed by atoms with Gasteiger partial charge >= 0.3 is 0 Å². The van der Waals surface area contributed by atoms with Crippen LogP contribution in [-0.4, -0.2) is 18.4 Å². The number of nitrogens with zero attached hydrogens (tertiary/aromatic N) is 1. The van der Waals surface area contributed by atoms with Crippen LogP contribution in [0.25, 0.3) is 0 Å². The second-order valence-electron chi connectivity index (χ2n) is 5.62. The highest BCUT2D eigenvalue weighted by Gasteiger charge is 2.21. The van der Waals surface area contributed by atoms with Crippen molar-refractivity contribution in [2.24, 2.45) is 0 Å². The van der Waals surface area contributed by atoms with Crippen molar-refractivity contribution < 1.29 is 18.4 Å². The fraction of sp³-hybridized carbons (Fsp3) is 0.222. The predicted octanol–water partition coefficient (Wildman–Crippen LogP) is 3.02. The maximum atomic E-state index is 13.6. The van der Waals surface area contributed by atoms with E-state index in [-0.39, 0.29) is 18.0 Å². The van der Waals surface area contributed by atoms with Gasteiger partial charge in [0.15, 0.2) is 0 Å². The van der Waals surface area contributed by atoms with Gasteiger partial charge in [-0.25, -0.2) is 8.78 Å². The Bertz CT molecular complexity index is 775. The van der Waals surface area contributed by atoms with Crippen molar-refractivity contribution in [3.8, 4) is 0 Å². The summed E-state index contributed by atoms with van der Waals surface area (Å²) in [5, 5.41) is 2.59. The third-order valence-electron chi connectivity index (χ3n) is 3.95. The fourth-order valence-corrected chi connectivity index (χ4v) is 2.67. The molecule has 0 saturated carbocycles. The maximum absolute atomic E-state index is 13.6. The van der Waals surface area contributed by atoms with E-state index in [1.165, 1.54) is 0 Å². The number of amides is 2. The summed E-state index contributed by atoms with van der Waals surface area (Å²) in [5.74, 6) is -2.11. The van der Waals surface area contributed by atoms with E-state index in [1.807, 2.05) is 24.3 Å². The zero-order valence-corrected chi connectivity index (χ0v) is 12.9. The summed E-state index contributed by atoms with van der Waals surface area (Å²) in [6.45, 7) is 0.933. The Balaban J connectivity index is 1.62. The molecule has 3 rings (SSSR count). The third kappa shape index (κ3) is 3.42. The lowest BCUT2D eigenvalue weighted by Gasteiger charge is -2.16. The molecule has 1 fully saturated rings. The molecule has 1 aliphatic rings. The Morgan fingerprint density at radius 3 is 2.50 bits per heavy atom. The van der Waals surface area contributed by atoms with Crippen LogP contribution in [-0.2, 0) is 11.3 Å². The average molecular weight is 330 g/mol. The van der Waals surface area contributed by atoms with E-state index in [1.54, 1.807) is 4.90 Å². The van der Waals surface area contributed by atoms with Gasteiger partial charge in [0.05, 0.1) is 5.56 Å². The monoisotopic (exact) mass is 330 g/mol. The van der Waals surface area contributed by atoms with Crippen LogP contribution in [0.3, 0.4) is 0 Å². The van der Waals surface area contributed by atoms with Gasteiger partial charge in [0, 0.05) is 31.3 Å². The Hall–Kier alpha value is -2.76. The van der Waals surface area contributed by atoms with E-state index < -0.39 is 17.5 Å². The first-order valence-corrected chi connectivity index (χ1v) is 7.67. The van der Waals surface area contributed by atoms with E-state index in [0.29, 0.717) is 12.5 Å². The van der Waals surface area contributed by atoms with Gasteiger partial charge in [-0.1, -0.05) is 12.1 Å². The number of carbonyl (C=O) groups is 2. The van der Waals surface area contributed by atoms with Crippen molar-refractivity contribution in [2.45, 2.75) is 19.4 Å². The SMILES string of the molecule is O=C(NCc1ccc(N2CCCC2=O)cc1)c1ccc(F)cc1F. The quantitative estimate of drug-likeness (QED) is 0.937. The summed E-state index contributed by atoms with van der Waals surface area (Å²) >= 11 is 0. The highest BCUT2D eigenvalue weighted by molar-refractivity contribution is 5.95. The molecule has 0 bridgehead atoms. The molecule has 0 aliphatic carbocycles. The van der Waals surface area contributed by atoms with Crippen LogP contribution in [0.5, 0.6) is 0 Å². The van der Waals surface area contributed by atoms with Gasteiger partial charge in [-0.3, -0.25) is 9.59 Å². The smallest absolute Gasteiger partial charge is 0.254 e. The molecule has 2 aromatic carbocycles. The number of nitrogens with one attached hydrogen (secondary N) is 1. The van der Waals surface area contributed by atoms with E-state index >= 15 is 0 Å². The number of anilines is 1. The summed E-state index contributed by atoms with van der Waals surface area (Å²) in [5.41, 5.74) is 1.45. The highest BCUT2D eigenvalue weighted by Crippen LogP contribution is 2.21. The van der Waals surface area contributed by atoms with Gasteiger partial charge in [-0.15, -0.1) is 0 Å². The minimum Gasteiger partial charge on any atom is -0.348 e. The molecule has 6 heteroatoms. The number of benzene rings is 2. The molecule has 0 radical (unpaired) electrons. The second-order valence-corrected chi connectivity index (χ2v) is 5.62. The number of rotatable bonds is 4. The predicted molar refractivity (Wildman–Crippen MR) is 85.6 cm³/mol. The summed E-state index contributed by atoms with van der Waals surface area (Å²) < 4.78 is 26.4. The highest BCUT2D eigenvalue weighted by atomic mass is 19.1. The fourth-order valence-electron chi connectivity index (χ4n) is 2.67. The van der Waals surface area contributed by atoms with Crippen molar-refractivity contribution in [3.05, 3.63) is 65.2 Å². The Labute approximate surface area is 138 Å². The van der Waals surface area contributed by atoms with Gasteiger partial charge in [0.2, 0.25) is 5.91 Å². The molecule has 124 valence electrons. The molecule has 1 N–H and O–H groups in total. The van der Waals surface area contributed by atoms with Gasteiger partial charge < -0.3 is 10.2 Å². The molecular formula is C18H16F2N2O2. The summed E-state index contributed by atoms with van der Waals surface area (Å²) in [6, 6.07) is 10.1. The van der Waals surface area contributed by atoms with Crippen LogP contribution in [0.1, 0.15) is 28.8 Å². The normalized spacial score (nSPS) is 14.1. The van der Waals surface area contributed by atoms with Crippen LogP contribution in [0.4, 0.5) is 14.5 Å². The number of halogens is 2. The van der Waals surface area contributed by atoms with Crippen LogP contribution in [0.2, 0.25) is 0 Å². The molecule has 24 heavy (non-hydrogen) atoms. The Kier molecular flexibility index (Phi) is 4.55. The van der Waals surface area contributed by atoms with E-state index in [2.05, 4.69) is 5.32 Å². The van der Waals surface area contributed by atoms with Crippen molar-refractivity contribution >= 4 is 17.5 Å².